The second-order valence-electron chi connectivity index (χ2n) is 9.60. The Morgan fingerprint density at radius 2 is 1.67 bits per heavy atom. The van der Waals surface area contributed by atoms with E-state index >= 15 is 0 Å². The van der Waals surface area contributed by atoms with Crippen LogP contribution in [0.25, 0.3) is 33.6 Å². The first-order valence-electron chi connectivity index (χ1n) is 12.5. The fraction of sp³-hybridized carbons (Fsp3) is 0.370. The highest BCUT2D eigenvalue weighted by Crippen LogP contribution is 2.33. The normalized spacial score (nSPS) is 20.6. The molecule has 2 atom stereocenters. The quantitative estimate of drug-likeness (QED) is 0.429. The van der Waals surface area contributed by atoms with Gasteiger partial charge < -0.3 is 9.64 Å². The summed E-state index contributed by atoms with van der Waals surface area (Å²) in [5.74, 6) is 0.790. The molecular weight excluding hydrogens is 454 g/mol. The molecule has 9 heteroatoms. The van der Waals surface area contributed by atoms with Crippen molar-refractivity contribution in [3.63, 3.8) is 0 Å². The van der Waals surface area contributed by atoms with Crippen LogP contribution in [0, 0.1) is 0 Å². The maximum absolute atomic E-state index is 12.3. The Labute approximate surface area is 209 Å². The van der Waals surface area contributed by atoms with Crippen LogP contribution >= 0.6 is 0 Å². The average Bonchev–Trinajstić information content (AvgIpc) is 3.59. The van der Waals surface area contributed by atoms with Crippen LogP contribution in [0.15, 0.2) is 61.4 Å². The van der Waals surface area contributed by atoms with Gasteiger partial charge in [0.25, 0.3) is 0 Å². The maximum atomic E-state index is 12.3. The Morgan fingerprint density at radius 1 is 0.889 bits per heavy atom. The first kappa shape index (κ1) is 22.6. The van der Waals surface area contributed by atoms with Crippen molar-refractivity contribution in [2.45, 2.75) is 37.8 Å². The van der Waals surface area contributed by atoms with Gasteiger partial charge in [0.1, 0.15) is 6.61 Å². The van der Waals surface area contributed by atoms with Crippen molar-refractivity contribution in [2.75, 3.05) is 19.8 Å². The molecule has 4 heterocycles. The number of carbonyl (C=O) groups excluding carboxylic acids is 1. The highest BCUT2D eigenvalue weighted by molar-refractivity contribution is 5.78. The van der Waals surface area contributed by atoms with Crippen molar-refractivity contribution in [2.24, 2.45) is 7.05 Å². The van der Waals surface area contributed by atoms with Gasteiger partial charge >= 0.3 is 0 Å². The first-order chi connectivity index (χ1) is 17.6. The van der Waals surface area contributed by atoms with E-state index in [1.807, 2.05) is 55.1 Å². The number of morpholine rings is 1. The number of aromatic nitrogens is 6. The van der Waals surface area contributed by atoms with Crippen LogP contribution in [-0.4, -0.2) is 66.1 Å². The molecule has 0 radical (unpaired) electrons. The number of hydrogen-bond donors (Lipinski definition) is 0. The fourth-order valence-electron chi connectivity index (χ4n) is 5.30. The van der Waals surface area contributed by atoms with Crippen LogP contribution in [0.3, 0.4) is 0 Å². The van der Waals surface area contributed by atoms with Gasteiger partial charge in [-0.2, -0.15) is 10.2 Å². The van der Waals surface area contributed by atoms with E-state index in [0.29, 0.717) is 19.0 Å². The Kier molecular flexibility index (Phi) is 6.06. The second-order valence-corrected chi connectivity index (χ2v) is 9.60. The molecule has 1 aromatic carbocycles. The van der Waals surface area contributed by atoms with Gasteiger partial charge in [-0.25, -0.2) is 9.97 Å². The Hall–Kier alpha value is -3.85. The summed E-state index contributed by atoms with van der Waals surface area (Å²) in [6.07, 6.45) is 15.7. The molecule has 0 spiro atoms. The van der Waals surface area contributed by atoms with E-state index < -0.39 is 0 Å². The minimum Gasteiger partial charge on any atom is -0.370 e. The molecule has 2 unspecified atom stereocenters. The topological polar surface area (TPSA) is 91.0 Å². The minimum atomic E-state index is 0.108. The average molecular weight is 484 g/mol. The number of aryl methyl sites for hydroxylation is 1. The van der Waals surface area contributed by atoms with E-state index in [4.69, 9.17) is 4.74 Å². The predicted octanol–water partition coefficient (Wildman–Crippen LogP) is 3.75. The Balaban J connectivity index is 1.17. The largest absolute Gasteiger partial charge is 0.370 e. The Morgan fingerprint density at radius 3 is 2.47 bits per heavy atom. The molecule has 2 aliphatic rings. The summed E-state index contributed by atoms with van der Waals surface area (Å²) >= 11 is 0. The molecule has 3 aromatic heterocycles. The van der Waals surface area contributed by atoms with Crippen LogP contribution in [0.4, 0.5) is 0 Å². The van der Waals surface area contributed by atoms with Crippen LogP contribution in [0.5, 0.6) is 0 Å². The number of amides is 1. The van der Waals surface area contributed by atoms with Gasteiger partial charge in [0.15, 0.2) is 5.82 Å². The number of rotatable bonds is 5. The van der Waals surface area contributed by atoms with Gasteiger partial charge in [-0.15, -0.1) is 0 Å². The standard InChI is InChI=1S/C27H29N7O2/c1-32-16-22(14-30-32)19-4-2-5-20(10-19)27-28-12-21(13-29-27)23-15-31-34(17-23)25-7-3-6-24(11-25)33-8-9-36-18-26(33)35/h2,4-5,10,12-17,24-25H,3,6-9,11,18H2,1H3. The van der Waals surface area contributed by atoms with Crippen molar-refractivity contribution in [1.29, 1.82) is 0 Å². The summed E-state index contributed by atoms with van der Waals surface area (Å²) in [6, 6.07) is 8.73. The molecule has 1 aliphatic carbocycles. The van der Waals surface area contributed by atoms with Crippen LogP contribution in [-0.2, 0) is 16.6 Å². The zero-order valence-electron chi connectivity index (χ0n) is 20.3. The minimum absolute atomic E-state index is 0.108. The van der Waals surface area contributed by atoms with Crippen LogP contribution < -0.4 is 0 Å². The van der Waals surface area contributed by atoms with Crippen LogP contribution in [0.2, 0.25) is 0 Å². The molecule has 1 amide bonds. The van der Waals surface area contributed by atoms with Crippen molar-refractivity contribution in [3.8, 4) is 33.6 Å². The van der Waals surface area contributed by atoms with E-state index in [1.54, 1.807) is 4.68 Å². The number of nitrogens with zero attached hydrogens (tertiary/aromatic N) is 7. The summed E-state index contributed by atoms with van der Waals surface area (Å²) in [5.41, 5.74) is 5.04. The molecule has 184 valence electrons. The van der Waals surface area contributed by atoms with Gasteiger partial charge in [-0.3, -0.25) is 14.2 Å². The molecule has 0 bridgehead atoms. The van der Waals surface area contributed by atoms with E-state index in [-0.39, 0.29) is 24.6 Å². The van der Waals surface area contributed by atoms with Crippen molar-refractivity contribution < 1.29 is 9.53 Å². The SMILES string of the molecule is Cn1cc(-c2cccc(-c3ncc(-c4cnn(C5CCCC(N6CCOCC6=O)C5)c4)cn3)c2)cn1. The molecule has 2 fully saturated rings. The van der Waals surface area contributed by atoms with Gasteiger partial charge in [0, 0.05) is 66.7 Å². The molecule has 1 saturated heterocycles. The fourth-order valence-corrected chi connectivity index (χ4v) is 5.30. The van der Waals surface area contributed by atoms with Gasteiger partial charge in [-0.05, 0) is 37.3 Å². The third-order valence-electron chi connectivity index (χ3n) is 7.20. The lowest BCUT2D eigenvalue weighted by Gasteiger charge is -2.39. The molecule has 0 N–H and O–H groups in total. The third-order valence-corrected chi connectivity index (χ3v) is 7.20. The third kappa shape index (κ3) is 4.54. The smallest absolute Gasteiger partial charge is 0.248 e. The zero-order valence-corrected chi connectivity index (χ0v) is 20.3. The molecule has 36 heavy (non-hydrogen) atoms. The van der Waals surface area contributed by atoms with E-state index in [9.17, 15) is 4.79 Å². The van der Waals surface area contributed by atoms with E-state index in [0.717, 1.165) is 53.5 Å². The van der Waals surface area contributed by atoms with Crippen molar-refractivity contribution >= 4 is 5.91 Å². The summed E-state index contributed by atoms with van der Waals surface area (Å²) in [5, 5.41) is 8.93. The van der Waals surface area contributed by atoms with E-state index in [1.165, 1.54) is 0 Å². The summed E-state index contributed by atoms with van der Waals surface area (Å²) in [7, 11) is 1.91. The van der Waals surface area contributed by atoms with E-state index in [2.05, 4.69) is 43.2 Å². The summed E-state index contributed by atoms with van der Waals surface area (Å²) in [4.78, 5) is 23.6. The number of carbonyl (C=O) groups is 1. The summed E-state index contributed by atoms with van der Waals surface area (Å²) in [6.45, 7) is 1.52. The monoisotopic (exact) mass is 483 g/mol. The first-order valence-corrected chi connectivity index (χ1v) is 12.5. The maximum Gasteiger partial charge on any atom is 0.248 e. The Bertz CT molecular complexity index is 1360. The molecule has 9 nitrogen and oxygen atoms in total. The lowest BCUT2D eigenvalue weighted by atomic mass is 9.89. The number of benzene rings is 1. The van der Waals surface area contributed by atoms with Crippen LogP contribution in [0.1, 0.15) is 31.7 Å². The lowest BCUT2D eigenvalue weighted by Crippen LogP contribution is -2.49. The van der Waals surface area contributed by atoms with Crippen molar-refractivity contribution in [3.05, 3.63) is 61.4 Å². The van der Waals surface area contributed by atoms with Gasteiger partial charge in [0.2, 0.25) is 5.91 Å². The van der Waals surface area contributed by atoms with Gasteiger partial charge in [0.05, 0.1) is 25.0 Å². The number of ether oxygens (including phenoxy) is 1. The van der Waals surface area contributed by atoms with Crippen molar-refractivity contribution in [1.82, 2.24) is 34.4 Å². The number of hydrogen-bond acceptors (Lipinski definition) is 6. The molecular formula is C27H29N7O2. The second kappa shape index (κ2) is 9.66. The lowest BCUT2D eigenvalue weighted by molar-refractivity contribution is -0.146. The molecule has 4 aromatic rings. The predicted molar refractivity (Wildman–Crippen MR) is 135 cm³/mol. The molecule has 6 rings (SSSR count). The van der Waals surface area contributed by atoms with Gasteiger partial charge in [-0.1, -0.05) is 18.2 Å². The molecule has 1 saturated carbocycles. The molecule has 1 aliphatic heterocycles. The summed E-state index contributed by atoms with van der Waals surface area (Å²) < 4.78 is 9.15. The highest BCUT2D eigenvalue weighted by Gasteiger charge is 2.32. The highest BCUT2D eigenvalue weighted by atomic mass is 16.5. The zero-order chi connectivity index (χ0) is 24.5.